The minimum atomic E-state index is -0.636. The van der Waals surface area contributed by atoms with E-state index in [1.54, 1.807) is 14.2 Å². The van der Waals surface area contributed by atoms with Crippen molar-refractivity contribution in [1.82, 2.24) is 5.32 Å². The molecule has 0 saturated heterocycles. The topological polar surface area (TPSA) is 50.7 Å². The van der Waals surface area contributed by atoms with Gasteiger partial charge in [0.1, 0.15) is 11.5 Å². The quantitative estimate of drug-likeness (QED) is 0.767. The van der Waals surface area contributed by atoms with E-state index in [0.717, 1.165) is 0 Å². The molecule has 0 radical (unpaired) electrons. The second kappa shape index (κ2) is 6.35. The maximum Gasteiger partial charge on any atom is 0.128 e. The van der Waals surface area contributed by atoms with E-state index in [0.29, 0.717) is 30.2 Å². The summed E-state index contributed by atoms with van der Waals surface area (Å²) in [5, 5.41) is 12.9. The molecule has 0 amide bonds. The number of benzene rings is 1. The third kappa shape index (κ3) is 2.87. The van der Waals surface area contributed by atoms with Crippen LogP contribution in [-0.2, 0) is 0 Å². The summed E-state index contributed by atoms with van der Waals surface area (Å²) < 4.78 is 10.7. The minimum absolute atomic E-state index is 0.459. The fourth-order valence-corrected chi connectivity index (χ4v) is 1.61. The molecule has 1 aromatic rings. The Bertz CT molecular complexity index is 328. The first kappa shape index (κ1) is 12.8. The number of methoxy groups -OCH3 is 1. The van der Waals surface area contributed by atoms with Gasteiger partial charge in [0.25, 0.3) is 0 Å². The maximum atomic E-state index is 10.0. The van der Waals surface area contributed by atoms with Crippen molar-refractivity contribution in [3.63, 3.8) is 0 Å². The van der Waals surface area contributed by atoms with Gasteiger partial charge in [-0.2, -0.15) is 0 Å². The molecule has 16 heavy (non-hydrogen) atoms. The predicted molar refractivity (Wildman–Crippen MR) is 63.0 cm³/mol. The first-order valence-corrected chi connectivity index (χ1v) is 5.36. The van der Waals surface area contributed by atoms with E-state index in [-0.39, 0.29) is 0 Å². The van der Waals surface area contributed by atoms with Crippen molar-refractivity contribution < 1.29 is 14.6 Å². The Kier molecular flexibility index (Phi) is 5.08. The van der Waals surface area contributed by atoms with Crippen LogP contribution >= 0.6 is 0 Å². The van der Waals surface area contributed by atoms with Crippen LogP contribution in [0.4, 0.5) is 0 Å². The smallest absolute Gasteiger partial charge is 0.128 e. The van der Waals surface area contributed by atoms with E-state index < -0.39 is 6.10 Å². The SMILES string of the molecule is CCOc1cccc(OC)c1C(O)CNC. The average molecular weight is 225 g/mol. The molecule has 0 spiro atoms. The van der Waals surface area contributed by atoms with Gasteiger partial charge in [0.15, 0.2) is 0 Å². The Morgan fingerprint density at radius 3 is 2.62 bits per heavy atom. The van der Waals surface area contributed by atoms with Gasteiger partial charge in [0.2, 0.25) is 0 Å². The molecular formula is C12H19NO3. The molecule has 90 valence electrons. The van der Waals surface area contributed by atoms with E-state index >= 15 is 0 Å². The number of ether oxygens (including phenoxy) is 2. The van der Waals surface area contributed by atoms with E-state index in [2.05, 4.69) is 5.32 Å². The second-order valence-electron chi connectivity index (χ2n) is 3.38. The number of hydrogen-bond acceptors (Lipinski definition) is 4. The van der Waals surface area contributed by atoms with Gasteiger partial charge in [-0.05, 0) is 26.1 Å². The maximum absolute atomic E-state index is 10.0. The van der Waals surface area contributed by atoms with Crippen LogP contribution in [0.5, 0.6) is 11.5 Å². The molecule has 0 aliphatic rings. The van der Waals surface area contributed by atoms with E-state index in [1.807, 2.05) is 25.1 Å². The zero-order chi connectivity index (χ0) is 12.0. The van der Waals surface area contributed by atoms with Gasteiger partial charge in [-0.1, -0.05) is 6.07 Å². The van der Waals surface area contributed by atoms with Crippen LogP contribution in [0.2, 0.25) is 0 Å². The lowest BCUT2D eigenvalue weighted by Gasteiger charge is -2.18. The van der Waals surface area contributed by atoms with E-state index in [9.17, 15) is 5.11 Å². The van der Waals surface area contributed by atoms with Crippen molar-refractivity contribution in [3.8, 4) is 11.5 Å². The summed E-state index contributed by atoms with van der Waals surface area (Å²) in [6.07, 6.45) is -0.636. The summed E-state index contributed by atoms with van der Waals surface area (Å²) in [6, 6.07) is 5.50. The number of nitrogens with one attached hydrogen (secondary N) is 1. The zero-order valence-corrected chi connectivity index (χ0v) is 9.99. The molecule has 0 aliphatic heterocycles. The lowest BCUT2D eigenvalue weighted by atomic mass is 10.1. The van der Waals surface area contributed by atoms with E-state index in [1.165, 1.54) is 0 Å². The molecule has 4 nitrogen and oxygen atoms in total. The van der Waals surface area contributed by atoms with Crippen LogP contribution < -0.4 is 14.8 Å². The molecule has 2 N–H and O–H groups in total. The molecular weight excluding hydrogens is 206 g/mol. The van der Waals surface area contributed by atoms with Crippen LogP contribution in [0.1, 0.15) is 18.6 Å². The molecule has 1 aromatic carbocycles. The summed E-state index contributed by atoms with van der Waals surface area (Å²) >= 11 is 0. The second-order valence-corrected chi connectivity index (χ2v) is 3.38. The van der Waals surface area contributed by atoms with Gasteiger partial charge in [-0.3, -0.25) is 0 Å². The highest BCUT2D eigenvalue weighted by Crippen LogP contribution is 2.33. The summed E-state index contributed by atoms with van der Waals surface area (Å²) in [5.41, 5.74) is 0.696. The Balaban J connectivity index is 3.08. The Labute approximate surface area is 96.2 Å². The molecule has 0 bridgehead atoms. The summed E-state index contributed by atoms with van der Waals surface area (Å²) in [4.78, 5) is 0. The lowest BCUT2D eigenvalue weighted by molar-refractivity contribution is 0.167. The molecule has 4 heteroatoms. The number of rotatable bonds is 6. The zero-order valence-electron chi connectivity index (χ0n) is 9.99. The summed E-state index contributed by atoms with van der Waals surface area (Å²) in [5.74, 6) is 1.32. The van der Waals surface area contributed by atoms with Crippen molar-refractivity contribution in [2.45, 2.75) is 13.0 Å². The average Bonchev–Trinajstić information content (AvgIpc) is 2.29. The monoisotopic (exact) mass is 225 g/mol. The van der Waals surface area contributed by atoms with Crippen molar-refractivity contribution in [2.24, 2.45) is 0 Å². The largest absolute Gasteiger partial charge is 0.496 e. The molecule has 1 unspecified atom stereocenters. The number of aliphatic hydroxyl groups is 1. The molecule has 1 atom stereocenters. The number of aliphatic hydroxyl groups excluding tert-OH is 1. The summed E-state index contributed by atoms with van der Waals surface area (Å²) in [7, 11) is 3.37. The van der Waals surface area contributed by atoms with Crippen LogP contribution in [-0.4, -0.2) is 32.4 Å². The van der Waals surface area contributed by atoms with Gasteiger partial charge in [-0.25, -0.2) is 0 Å². The third-order valence-electron chi connectivity index (χ3n) is 2.28. The normalized spacial score (nSPS) is 12.2. The third-order valence-corrected chi connectivity index (χ3v) is 2.28. The first-order chi connectivity index (χ1) is 7.74. The Morgan fingerprint density at radius 1 is 1.38 bits per heavy atom. The van der Waals surface area contributed by atoms with Crippen LogP contribution in [0.25, 0.3) is 0 Å². The summed E-state index contributed by atoms with van der Waals surface area (Å²) in [6.45, 7) is 2.93. The lowest BCUT2D eigenvalue weighted by Crippen LogP contribution is -2.18. The molecule has 1 rings (SSSR count). The van der Waals surface area contributed by atoms with Gasteiger partial charge < -0.3 is 19.9 Å². The fraction of sp³-hybridized carbons (Fsp3) is 0.500. The highest BCUT2D eigenvalue weighted by Gasteiger charge is 2.17. The highest BCUT2D eigenvalue weighted by atomic mass is 16.5. The van der Waals surface area contributed by atoms with Crippen LogP contribution in [0.15, 0.2) is 18.2 Å². The Morgan fingerprint density at radius 2 is 2.06 bits per heavy atom. The van der Waals surface area contributed by atoms with E-state index in [4.69, 9.17) is 9.47 Å². The van der Waals surface area contributed by atoms with Gasteiger partial charge in [-0.15, -0.1) is 0 Å². The standard InChI is InChI=1S/C12H19NO3/c1-4-16-11-7-5-6-10(15-3)12(11)9(14)8-13-2/h5-7,9,13-14H,4,8H2,1-3H3. The minimum Gasteiger partial charge on any atom is -0.496 e. The molecule has 0 aromatic heterocycles. The predicted octanol–water partition coefficient (Wildman–Crippen LogP) is 1.35. The molecule has 0 saturated carbocycles. The van der Waals surface area contributed by atoms with Crippen molar-refractivity contribution >= 4 is 0 Å². The van der Waals surface area contributed by atoms with Crippen LogP contribution in [0.3, 0.4) is 0 Å². The Hall–Kier alpha value is -1.26. The number of hydrogen-bond donors (Lipinski definition) is 2. The van der Waals surface area contributed by atoms with Gasteiger partial charge >= 0.3 is 0 Å². The number of likely N-dealkylation sites (N-methyl/N-ethyl adjacent to an activating group) is 1. The van der Waals surface area contributed by atoms with Crippen LogP contribution in [0, 0.1) is 0 Å². The molecule has 0 heterocycles. The van der Waals surface area contributed by atoms with Crippen molar-refractivity contribution in [3.05, 3.63) is 23.8 Å². The van der Waals surface area contributed by atoms with Crippen molar-refractivity contribution in [2.75, 3.05) is 27.3 Å². The fourth-order valence-electron chi connectivity index (χ4n) is 1.61. The highest BCUT2D eigenvalue weighted by molar-refractivity contribution is 5.46. The molecule has 0 fully saturated rings. The first-order valence-electron chi connectivity index (χ1n) is 5.36. The van der Waals surface area contributed by atoms with Crippen molar-refractivity contribution in [1.29, 1.82) is 0 Å². The van der Waals surface area contributed by atoms with Gasteiger partial charge in [0, 0.05) is 6.54 Å². The molecule has 0 aliphatic carbocycles. The van der Waals surface area contributed by atoms with Gasteiger partial charge in [0.05, 0.1) is 25.4 Å².